The lowest BCUT2D eigenvalue weighted by atomic mass is 9.97. The van der Waals surface area contributed by atoms with Crippen LogP contribution in [-0.4, -0.2) is 47.5 Å². The number of nitrogens with one attached hydrogen (secondary N) is 3. The van der Waals surface area contributed by atoms with Gasteiger partial charge in [-0.2, -0.15) is 0 Å². The number of carboxylic acids is 1. The molecule has 2 aromatic rings. The van der Waals surface area contributed by atoms with Crippen LogP contribution in [0.2, 0.25) is 0 Å². The predicted octanol–water partition coefficient (Wildman–Crippen LogP) is 2.38. The van der Waals surface area contributed by atoms with Gasteiger partial charge in [0.2, 0.25) is 11.8 Å². The molecular weight excluding hydrogens is 424 g/mol. The summed E-state index contributed by atoms with van der Waals surface area (Å²) in [6, 6.07) is 13.1. The fourth-order valence-corrected chi connectivity index (χ4v) is 3.64. The molecule has 0 radical (unpaired) electrons. The van der Waals surface area contributed by atoms with E-state index in [0.717, 1.165) is 5.56 Å². The maximum atomic E-state index is 13.1. The van der Waals surface area contributed by atoms with Crippen molar-refractivity contribution in [3.63, 3.8) is 0 Å². The third kappa shape index (κ3) is 5.88. The monoisotopic (exact) mass is 452 g/mol. The number of aliphatic carboxylic acids is 1. The minimum absolute atomic E-state index is 0.114. The van der Waals surface area contributed by atoms with Crippen LogP contribution in [0.4, 0.5) is 16.2 Å². The Kier molecular flexibility index (Phi) is 7.66. The summed E-state index contributed by atoms with van der Waals surface area (Å²) in [5.41, 5.74) is 1.79. The number of nitrogens with zero attached hydrogens (tertiary/aromatic N) is 1. The van der Waals surface area contributed by atoms with Crippen LogP contribution in [0.25, 0.3) is 0 Å². The lowest BCUT2D eigenvalue weighted by molar-refractivity contribution is -0.142. The van der Waals surface area contributed by atoms with E-state index in [1.54, 1.807) is 55.5 Å². The Morgan fingerprint density at radius 1 is 1.06 bits per heavy atom. The third-order valence-electron chi connectivity index (χ3n) is 5.69. The van der Waals surface area contributed by atoms with E-state index in [0.29, 0.717) is 17.8 Å². The van der Waals surface area contributed by atoms with Crippen LogP contribution in [0.15, 0.2) is 54.6 Å². The van der Waals surface area contributed by atoms with Gasteiger partial charge in [-0.25, -0.2) is 9.59 Å². The number of anilines is 2. The van der Waals surface area contributed by atoms with Gasteiger partial charge in [0.05, 0.1) is 11.4 Å². The lowest BCUT2D eigenvalue weighted by Crippen LogP contribution is -2.58. The highest BCUT2D eigenvalue weighted by Gasteiger charge is 2.33. The van der Waals surface area contributed by atoms with Crippen molar-refractivity contribution < 1.29 is 24.3 Å². The minimum Gasteiger partial charge on any atom is -0.480 e. The van der Waals surface area contributed by atoms with Gasteiger partial charge in [0.25, 0.3) is 0 Å². The molecule has 3 atom stereocenters. The Morgan fingerprint density at radius 3 is 2.39 bits per heavy atom. The first kappa shape index (κ1) is 23.8. The van der Waals surface area contributed by atoms with Crippen molar-refractivity contribution in [1.82, 2.24) is 10.6 Å². The number of para-hydroxylation sites is 2. The van der Waals surface area contributed by atoms with Crippen molar-refractivity contribution in [3.8, 4) is 0 Å². The topological polar surface area (TPSA) is 128 Å². The molecule has 1 heterocycles. The molecule has 0 unspecified atom stereocenters. The van der Waals surface area contributed by atoms with E-state index >= 15 is 0 Å². The average Bonchev–Trinajstić information content (AvgIpc) is 2.81. The van der Waals surface area contributed by atoms with Gasteiger partial charge in [-0.3, -0.25) is 14.5 Å². The molecule has 174 valence electrons. The quantitative estimate of drug-likeness (QED) is 0.489. The van der Waals surface area contributed by atoms with Crippen molar-refractivity contribution >= 4 is 35.2 Å². The molecule has 1 aliphatic heterocycles. The molecule has 1 aliphatic rings. The highest BCUT2D eigenvalue weighted by molar-refractivity contribution is 6.10. The number of hydrogen-bond acceptors (Lipinski definition) is 4. The van der Waals surface area contributed by atoms with Crippen LogP contribution >= 0.6 is 0 Å². The molecule has 9 nitrogen and oxygen atoms in total. The summed E-state index contributed by atoms with van der Waals surface area (Å²) in [5, 5.41) is 17.6. The average molecular weight is 453 g/mol. The van der Waals surface area contributed by atoms with Crippen LogP contribution in [0.5, 0.6) is 0 Å². The van der Waals surface area contributed by atoms with Crippen molar-refractivity contribution in [2.75, 3.05) is 16.8 Å². The van der Waals surface area contributed by atoms with E-state index in [1.807, 2.05) is 13.0 Å². The standard InChI is InChI=1S/C24H28N4O5/c1-3-15(2)21(22(30)26-18(23(31)32)13-16-9-5-4-6-10-16)27-24(33)28-14-20(29)25-17-11-7-8-12-19(17)28/h4-12,15,18,21H,3,13-14H2,1-2H3,(H,25,29)(H,26,30)(H,27,33)(H,31,32)/t15-,18+,21-/m0/s1. The molecule has 4 N–H and O–H groups in total. The number of carbonyl (C=O) groups excluding carboxylic acids is 3. The highest BCUT2D eigenvalue weighted by Crippen LogP contribution is 2.29. The number of amides is 4. The van der Waals surface area contributed by atoms with Gasteiger partial charge in [-0.05, 0) is 23.6 Å². The molecule has 0 spiro atoms. The number of carboxylic acid groups (broad SMARTS) is 1. The zero-order chi connectivity index (χ0) is 24.0. The van der Waals surface area contributed by atoms with E-state index in [1.165, 1.54) is 4.90 Å². The number of rotatable bonds is 8. The lowest BCUT2D eigenvalue weighted by Gasteiger charge is -2.32. The van der Waals surface area contributed by atoms with Crippen molar-refractivity contribution in [2.45, 2.75) is 38.8 Å². The summed E-state index contributed by atoms with van der Waals surface area (Å²) in [6.07, 6.45) is 0.689. The molecule has 0 aliphatic carbocycles. The van der Waals surface area contributed by atoms with E-state index in [9.17, 15) is 24.3 Å². The number of benzene rings is 2. The largest absolute Gasteiger partial charge is 0.480 e. The van der Waals surface area contributed by atoms with Gasteiger partial charge in [0.15, 0.2) is 0 Å². The zero-order valence-corrected chi connectivity index (χ0v) is 18.6. The van der Waals surface area contributed by atoms with Crippen molar-refractivity contribution in [2.24, 2.45) is 5.92 Å². The normalized spacial score (nSPS) is 15.5. The van der Waals surface area contributed by atoms with Crippen LogP contribution in [0.1, 0.15) is 25.8 Å². The zero-order valence-electron chi connectivity index (χ0n) is 18.6. The van der Waals surface area contributed by atoms with E-state index < -0.39 is 30.0 Å². The molecular formula is C24H28N4O5. The molecule has 0 bridgehead atoms. The van der Waals surface area contributed by atoms with Gasteiger partial charge < -0.3 is 21.1 Å². The fourth-order valence-electron chi connectivity index (χ4n) is 3.64. The number of fused-ring (bicyclic) bond motifs is 1. The van der Waals surface area contributed by atoms with Crippen LogP contribution in [-0.2, 0) is 20.8 Å². The maximum Gasteiger partial charge on any atom is 0.326 e. The molecule has 3 rings (SSSR count). The van der Waals surface area contributed by atoms with Crippen molar-refractivity contribution in [1.29, 1.82) is 0 Å². The first-order valence-corrected chi connectivity index (χ1v) is 10.8. The highest BCUT2D eigenvalue weighted by atomic mass is 16.4. The number of urea groups is 1. The molecule has 4 amide bonds. The second kappa shape index (κ2) is 10.6. The molecule has 2 aromatic carbocycles. The first-order chi connectivity index (χ1) is 15.8. The van der Waals surface area contributed by atoms with Crippen molar-refractivity contribution in [3.05, 3.63) is 60.2 Å². The minimum atomic E-state index is -1.16. The van der Waals surface area contributed by atoms with Gasteiger partial charge in [-0.1, -0.05) is 62.7 Å². The van der Waals surface area contributed by atoms with Gasteiger partial charge >= 0.3 is 12.0 Å². The summed E-state index contributed by atoms with van der Waals surface area (Å²) in [5.74, 6) is -2.37. The summed E-state index contributed by atoms with van der Waals surface area (Å²) in [7, 11) is 0. The molecule has 0 aromatic heterocycles. The summed E-state index contributed by atoms with van der Waals surface area (Å²) in [6.45, 7) is 3.48. The number of hydrogen-bond donors (Lipinski definition) is 4. The summed E-state index contributed by atoms with van der Waals surface area (Å²) < 4.78 is 0. The Labute approximate surface area is 192 Å². The molecule has 0 fully saturated rings. The third-order valence-corrected chi connectivity index (χ3v) is 5.69. The second-order valence-electron chi connectivity index (χ2n) is 8.05. The summed E-state index contributed by atoms with van der Waals surface area (Å²) >= 11 is 0. The second-order valence-corrected chi connectivity index (χ2v) is 8.05. The Hall–Kier alpha value is -3.88. The maximum absolute atomic E-state index is 13.1. The first-order valence-electron chi connectivity index (χ1n) is 10.8. The summed E-state index contributed by atoms with van der Waals surface area (Å²) in [4.78, 5) is 51.3. The fraction of sp³-hybridized carbons (Fsp3) is 0.333. The Morgan fingerprint density at radius 2 is 1.73 bits per heavy atom. The van der Waals surface area contributed by atoms with E-state index in [4.69, 9.17) is 0 Å². The molecule has 0 saturated heterocycles. The van der Waals surface area contributed by atoms with Gasteiger partial charge in [0, 0.05) is 6.42 Å². The SMILES string of the molecule is CC[C@H](C)[C@H](NC(=O)N1CC(=O)Nc2ccccc21)C(=O)N[C@H](Cc1ccccc1)C(=O)O. The smallest absolute Gasteiger partial charge is 0.326 e. The number of carbonyl (C=O) groups is 4. The Balaban J connectivity index is 1.76. The van der Waals surface area contributed by atoms with Crippen LogP contribution in [0, 0.1) is 5.92 Å². The van der Waals surface area contributed by atoms with Gasteiger partial charge in [0.1, 0.15) is 18.6 Å². The predicted molar refractivity (Wildman–Crippen MR) is 124 cm³/mol. The Bertz CT molecular complexity index is 1030. The molecule has 0 saturated carbocycles. The van der Waals surface area contributed by atoms with Crippen LogP contribution in [0.3, 0.4) is 0 Å². The molecule has 33 heavy (non-hydrogen) atoms. The van der Waals surface area contributed by atoms with E-state index in [2.05, 4.69) is 16.0 Å². The molecule has 9 heteroatoms. The van der Waals surface area contributed by atoms with E-state index in [-0.39, 0.29) is 24.8 Å². The van der Waals surface area contributed by atoms with Crippen LogP contribution < -0.4 is 20.9 Å². The van der Waals surface area contributed by atoms with Gasteiger partial charge in [-0.15, -0.1) is 0 Å².